The molecule has 0 spiro atoms. The summed E-state index contributed by atoms with van der Waals surface area (Å²) in [5.74, 6) is -1.76. The van der Waals surface area contributed by atoms with Crippen molar-refractivity contribution < 1.29 is 19.1 Å². The maximum absolute atomic E-state index is 13.5. The van der Waals surface area contributed by atoms with Crippen LogP contribution >= 0.6 is 0 Å². The number of carbonyl (C=O) groups excluding carboxylic acids is 3. The number of fused-ring (bicyclic) bond motifs is 1. The largest absolute Gasteiger partial charge is 0.382 e. The summed E-state index contributed by atoms with van der Waals surface area (Å²) >= 11 is 0. The number of nitrogens with two attached hydrogens (primary N) is 1. The first-order valence-electron chi connectivity index (χ1n) is 11.3. The average Bonchev–Trinajstić information content (AvgIpc) is 2.70. The quantitative estimate of drug-likeness (QED) is 0.559. The number of benzene rings is 1. The Balaban J connectivity index is 2.24. The molecule has 4 atom stereocenters. The van der Waals surface area contributed by atoms with Crippen molar-refractivity contribution in [1.82, 2.24) is 5.32 Å². The molecule has 1 aromatic carbocycles. The minimum Gasteiger partial charge on any atom is -0.382 e. The van der Waals surface area contributed by atoms with E-state index in [0.29, 0.717) is 6.42 Å². The zero-order chi connectivity index (χ0) is 23.2. The Kier molecular flexibility index (Phi) is 8.80. The van der Waals surface area contributed by atoms with E-state index in [1.807, 2.05) is 32.9 Å². The lowest BCUT2D eigenvalue weighted by molar-refractivity contribution is -0.136. The third-order valence-corrected chi connectivity index (χ3v) is 6.62. The smallest absolute Gasteiger partial charge is 0.224 e. The highest BCUT2D eigenvalue weighted by molar-refractivity contribution is 5.90. The number of hydrogen-bond donors (Lipinski definition) is 2. The number of methoxy groups -OCH3 is 1. The lowest BCUT2D eigenvalue weighted by Gasteiger charge is -2.37. The van der Waals surface area contributed by atoms with Crippen LogP contribution in [0.3, 0.4) is 0 Å². The summed E-state index contributed by atoms with van der Waals surface area (Å²) < 4.78 is 5.44. The van der Waals surface area contributed by atoms with Crippen molar-refractivity contribution in [3.8, 4) is 0 Å². The molecule has 2 amide bonds. The number of rotatable bonds is 11. The second-order valence-corrected chi connectivity index (χ2v) is 9.69. The van der Waals surface area contributed by atoms with Gasteiger partial charge >= 0.3 is 0 Å². The number of primary amides is 1. The third-order valence-electron chi connectivity index (χ3n) is 6.62. The molecular formula is C25H38N2O4. The number of Topliss-reactive ketones (excluding diaryl/α,β-unsaturated/α-hetero) is 1. The van der Waals surface area contributed by atoms with Crippen LogP contribution in [0.5, 0.6) is 0 Å². The van der Waals surface area contributed by atoms with Crippen molar-refractivity contribution in [3.63, 3.8) is 0 Å². The van der Waals surface area contributed by atoms with E-state index in [1.54, 1.807) is 14.0 Å². The van der Waals surface area contributed by atoms with Crippen LogP contribution in [0.25, 0.3) is 0 Å². The first-order valence-corrected chi connectivity index (χ1v) is 11.3. The van der Waals surface area contributed by atoms with E-state index < -0.39 is 23.2 Å². The van der Waals surface area contributed by atoms with Gasteiger partial charge in [0, 0.05) is 25.9 Å². The summed E-state index contributed by atoms with van der Waals surface area (Å²) in [6.07, 6.45) is 3.60. The zero-order valence-corrected chi connectivity index (χ0v) is 19.6. The van der Waals surface area contributed by atoms with E-state index in [1.165, 1.54) is 5.56 Å². The summed E-state index contributed by atoms with van der Waals surface area (Å²) in [4.78, 5) is 37.7. The van der Waals surface area contributed by atoms with Gasteiger partial charge in [0.2, 0.25) is 11.8 Å². The van der Waals surface area contributed by atoms with Crippen molar-refractivity contribution in [2.75, 3.05) is 7.11 Å². The molecule has 1 aliphatic carbocycles. The van der Waals surface area contributed by atoms with Crippen LogP contribution in [-0.2, 0) is 25.5 Å². The molecule has 31 heavy (non-hydrogen) atoms. The van der Waals surface area contributed by atoms with Gasteiger partial charge in [0.25, 0.3) is 0 Å². The molecule has 0 aromatic heterocycles. The van der Waals surface area contributed by atoms with E-state index >= 15 is 0 Å². The van der Waals surface area contributed by atoms with Gasteiger partial charge in [-0.25, -0.2) is 0 Å². The van der Waals surface area contributed by atoms with Gasteiger partial charge in [-0.3, -0.25) is 14.4 Å². The Labute approximate surface area is 186 Å². The lowest BCUT2D eigenvalue weighted by atomic mass is 9.71. The van der Waals surface area contributed by atoms with E-state index in [4.69, 9.17) is 10.5 Å². The molecule has 6 heteroatoms. The van der Waals surface area contributed by atoms with Crippen LogP contribution in [0.2, 0.25) is 0 Å². The molecule has 0 aliphatic heterocycles. The zero-order valence-electron chi connectivity index (χ0n) is 19.6. The predicted octanol–water partition coefficient (Wildman–Crippen LogP) is 3.72. The fourth-order valence-corrected chi connectivity index (χ4v) is 4.68. The highest BCUT2D eigenvalue weighted by Gasteiger charge is 2.39. The maximum Gasteiger partial charge on any atom is 0.224 e. The molecule has 1 aliphatic rings. The Morgan fingerprint density at radius 1 is 1.19 bits per heavy atom. The molecule has 0 radical (unpaired) electrons. The number of ether oxygens (including phenoxy) is 1. The van der Waals surface area contributed by atoms with Crippen molar-refractivity contribution >= 4 is 17.6 Å². The fraction of sp³-hybridized carbons (Fsp3) is 0.640. The van der Waals surface area contributed by atoms with Gasteiger partial charge in [-0.05, 0) is 49.1 Å². The first kappa shape index (κ1) is 25.1. The topological polar surface area (TPSA) is 98.5 Å². The Morgan fingerprint density at radius 3 is 2.52 bits per heavy atom. The van der Waals surface area contributed by atoms with E-state index in [2.05, 4.69) is 17.4 Å². The predicted molar refractivity (Wildman–Crippen MR) is 121 cm³/mol. The number of nitrogens with one attached hydrogen (secondary N) is 1. The van der Waals surface area contributed by atoms with E-state index in [0.717, 1.165) is 24.8 Å². The Bertz CT molecular complexity index is 789. The van der Waals surface area contributed by atoms with Crippen molar-refractivity contribution in [1.29, 1.82) is 0 Å². The highest BCUT2D eigenvalue weighted by atomic mass is 16.5. The molecule has 1 aromatic rings. The van der Waals surface area contributed by atoms with Gasteiger partial charge in [-0.2, -0.15) is 0 Å². The summed E-state index contributed by atoms with van der Waals surface area (Å²) in [7, 11) is 1.65. The fourth-order valence-electron chi connectivity index (χ4n) is 4.68. The van der Waals surface area contributed by atoms with E-state index in [-0.39, 0.29) is 36.7 Å². The second kappa shape index (κ2) is 10.9. The van der Waals surface area contributed by atoms with Gasteiger partial charge in [0.05, 0.1) is 18.1 Å². The number of carbonyl (C=O) groups is 3. The molecule has 0 saturated heterocycles. The highest BCUT2D eigenvalue weighted by Crippen LogP contribution is 2.37. The first-order chi connectivity index (χ1) is 14.5. The van der Waals surface area contributed by atoms with Crippen molar-refractivity contribution in [3.05, 3.63) is 35.4 Å². The van der Waals surface area contributed by atoms with Gasteiger partial charge in [-0.1, -0.05) is 45.0 Å². The van der Waals surface area contributed by atoms with Gasteiger partial charge in [0.1, 0.15) is 5.78 Å². The van der Waals surface area contributed by atoms with Crippen LogP contribution in [0.15, 0.2) is 24.3 Å². The number of hydrogen-bond acceptors (Lipinski definition) is 4. The summed E-state index contributed by atoms with van der Waals surface area (Å²) in [5.41, 5.74) is 7.25. The molecule has 6 nitrogen and oxygen atoms in total. The van der Waals surface area contributed by atoms with E-state index in [9.17, 15) is 14.4 Å². The summed E-state index contributed by atoms with van der Waals surface area (Å²) in [5, 5.41) is 3.23. The van der Waals surface area contributed by atoms with Crippen LogP contribution < -0.4 is 11.1 Å². The molecule has 2 unspecified atom stereocenters. The number of ketones is 1. The SMILES string of the molecule is COC(C)CC(C)(C)C(CC(=O)[C@@H](C)CC(N)=O)C(=O)N[C@@H]1CCCc2ccccc21. The summed E-state index contributed by atoms with van der Waals surface area (Å²) in [6, 6.07) is 8.17. The van der Waals surface area contributed by atoms with Crippen LogP contribution in [0, 0.1) is 17.3 Å². The van der Waals surface area contributed by atoms with Gasteiger partial charge in [-0.15, -0.1) is 0 Å². The molecule has 0 fully saturated rings. The van der Waals surface area contributed by atoms with Crippen LogP contribution in [0.1, 0.15) is 77.0 Å². The lowest BCUT2D eigenvalue weighted by Crippen LogP contribution is -2.44. The standard InChI is InChI=1S/C25H38N2O4/c1-16(13-23(26)29)22(28)14-20(25(3,4)15-17(2)31-5)24(30)27-21-12-8-10-18-9-6-7-11-19(18)21/h6-7,9,11,16-17,20-21H,8,10,12-15H2,1-5H3,(H2,26,29)(H,27,30)/t16-,17?,20?,21+/m0/s1. The molecule has 0 heterocycles. The Morgan fingerprint density at radius 2 is 1.87 bits per heavy atom. The van der Waals surface area contributed by atoms with Crippen molar-refractivity contribution in [2.24, 2.45) is 23.0 Å². The van der Waals surface area contributed by atoms with Gasteiger partial charge in [0.15, 0.2) is 0 Å². The molecule has 0 saturated carbocycles. The molecule has 2 rings (SSSR count). The minimum absolute atomic E-state index is 0.00191. The number of amides is 2. The molecular weight excluding hydrogens is 392 g/mol. The summed E-state index contributed by atoms with van der Waals surface area (Å²) in [6.45, 7) is 7.68. The second-order valence-electron chi connectivity index (χ2n) is 9.69. The maximum atomic E-state index is 13.5. The van der Waals surface area contributed by atoms with Crippen LogP contribution in [-0.4, -0.2) is 30.8 Å². The minimum atomic E-state index is -0.526. The van der Waals surface area contributed by atoms with Crippen LogP contribution in [0.4, 0.5) is 0 Å². The van der Waals surface area contributed by atoms with Gasteiger partial charge < -0.3 is 15.8 Å². The monoisotopic (exact) mass is 430 g/mol. The average molecular weight is 431 g/mol. The molecule has 172 valence electrons. The molecule has 3 N–H and O–H groups in total. The number of aryl methyl sites for hydroxylation is 1. The molecule has 0 bridgehead atoms. The normalized spacial score (nSPS) is 19.1. The van der Waals surface area contributed by atoms with Crippen molar-refractivity contribution in [2.45, 2.75) is 78.4 Å². The Hall–Kier alpha value is -2.21. The third kappa shape index (κ3) is 6.89.